The Kier molecular flexibility index (Phi) is 7.19. The molecule has 0 aliphatic rings. The molecule has 0 unspecified atom stereocenters. The van der Waals surface area contributed by atoms with E-state index >= 15 is 0 Å². The summed E-state index contributed by atoms with van der Waals surface area (Å²) in [5.74, 6) is 0. The molecule has 1 amide bonds. The van der Waals surface area contributed by atoms with Crippen molar-refractivity contribution in [2.45, 2.75) is 13.8 Å². The number of rotatable bonds is 2. The van der Waals surface area contributed by atoms with Gasteiger partial charge in [0.1, 0.15) is 0 Å². The third-order valence-corrected chi connectivity index (χ3v) is 1.03. The van der Waals surface area contributed by atoms with E-state index in [0.29, 0.717) is 13.1 Å². The van der Waals surface area contributed by atoms with Crippen molar-refractivity contribution < 1.29 is 22.3 Å². The van der Waals surface area contributed by atoms with Crippen molar-refractivity contribution in [1.82, 2.24) is 4.90 Å². The first kappa shape index (κ1) is 11.4. The molecule has 0 spiro atoms. The summed E-state index contributed by atoms with van der Waals surface area (Å²) in [5.41, 5.74) is 0. The van der Waals surface area contributed by atoms with Gasteiger partial charge in [-0.15, -0.1) is 0 Å². The maximum Gasteiger partial charge on any atom is 0.407 e. The molecule has 0 aliphatic carbocycles. The maximum absolute atomic E-state index is 10.1. The number of hydrogen-bond acceptors (Lipinski definition) is 1. The van der Waals surface area contributed by atoms with Gasteiger partial charge in [0.2, 0.25) is 0 Å². The summed E-state index contributed by atoms with van der Waals surface area (Å²) < 4.78 is 0. The summed E-state index contributed by atoms with van der Waals surface area (Å²) in [6.45, 7) is 4.78. The van der Waals surface area contributed by atoms with Gasteiger partial charge in [-0.1, -0.05) is 0 Å². The zero-order valence-corrected chi connectivity index (χ0v) is 6.35. The smallest absolute Gasteiger partial charge is 0.407 e. The molecule has 0 radical (unpaired) electrons. The lowest BCUT2D eigenvalue weighted by Gasteiger charge is -2.12. The van der Waals surface area contributed by atoms with Crippen molar-refractivity contribution in [3.05, 3.63) is 0 Å². The Hall–Kier alpha value is -0.440. The molecule has 0 bridgehead atoms. The van der Waals surface area contributed by atoms with Crippen molar-refractivity contribution in [3.63, 3.8) is 0 Å². The van der Waals surface area contributed by atoms with Gasteiger partial charge in [0.25, 0.3) is 0 Å². The van der Waals surface area contributed by atoms with Gasteiger partial charge in [0, 0.05) is 13.1 Å². The molecule has 1 N–H and O–H groups in total. The average Bonchev–Trinajstić information content (AvgIpc) is 1.69. The molecule has 3 nitrogen and oxygen atoms in total. The van der Waals surface area contributed by atoms with E-state index in [2.05, 4.69) is 0 Å². The highest BCUT2D eigenvalue weighted by Gasteiger charge is 2.02. The van der Waals surface area contributed by atoms with Gasteiger partial charge < -0.3 is 22.4 Å². The summed E-state index contributed by atoms with van der Waals surface area (Å²) in [4.78, 5) is 11.4. The first-order valence-electron chi connectivity index (χ1n) is 2.70. The number of nitrogens with zero attached hydrogens (tertiary/aromatic N) is 1. The minimum atomic E-state index is -0.838. The molecule has 56 valence electrons. The van der Waals surface area contributed by atoms with E-state index < -0.39 is 6.09 Å². The summed E-state index contributed by atoms with van der Waals surface area (Å²) in [6.07, 6.45) is -0.838. The second-order valence-electron chi connectivity index (χ2n) is 1.45. The Balaban J connectivity index is 0. The standard InChI is InChI=1S/C5H11NO2.ClH/c1-3-6(4-2)5(7)8;/h3-4H2,1-2H3,(H,7,8);1H/p-1. The van der Waals surface area contributed by atoms with E-state index in [9.17, 15) is 4.79 Å². The van der Waals surface area contributed by atoms with Crippen LogP contribution in [0.5, 0.6) is 0 Å². The molecule has 4 heteroatoms. The van der Waals surface area contributed by atoms with Gasteiger partial charge >= 0.3 is 6.09 Å². The first-order chi connectivity index (χ1) is 3.72. The van der Waals surface area contributed by atoms with E-state index in [1.807, 2.05) is 13.8 Å². The highest BCUT2D eigenvalue weighted by molar-refractivity contribution is 5.64. The van der Waals surface area contributed by atoms with Gasteiger partial charge in [-0.2, -0.15) is 0 Å². The number of hydrogen-bond donors (Lipinski definition) is 1. The molecule has 0 heterocycles. The van der Waals surface area contributed by atoms with Crippen LogP contribution < -0.4 is 12.4 Å². The highest BCUT2D eigenvalue weighted by atomic mass is 35.5. The number of amides is 1. The fraction of sp³-hybridized carbons (Fsp3) is 0.800. The first-order valence-corrected chi connectivity index (χ1v) is 2.70. The van der Waals surface area contributed by atoms with Crippen molar-refractivity contribution in [2.24, 2.45) is 0 Å². The second kappa shape index (κ2) is 5.69. The number of carboxylic acid groups (broad SMARTS) is 1. The Morgan fingerprint density at radius 1 is 1.44 bits per heavy atom. The van der Waals surface area contributed by atoms with E-state index in [-0.39, 0.29) is 12.4 Å². The molecule has 9 heavy (non-hydrogen) atoms. The Morgan fingerprint density at radius 3 is 1.78 bits per heavy atom. The van der Waals surface area contributed by atoms with Crippen molar-refractivity contribution >= 4 is 6.09 Å². The fourth-order valence-electron chi connectivity index (χ4n) is 0.494. The molecule has 0 fully saturated rings. The lowest BCUT2D eigenvalue weighted by Crippen LogP contribution is -3.00. The SMILES string of the molecule is CCN(CC)C(=O)O.[Cl-]. The molecule has 0 aromatic heterocycles. The normalized spacial score (nSPS) is 7.78. The molecule has 0 aliphatic heterocycles. The minimum Gasteiger partial charge on any atom is -1.00 e. The van der Waals surface area contributed by atoms with Crippen LogP contribution in [0.2, 0.25) is 0 Å². The molecule has 0 aromatic rings. The Morgan fingerprint density at radius 2 is 1.78 bits per heavy atom. The van der Waals surface area contributed by atoms with Crippen LogP contribution in [-0.2, 0) is 0 Å². The lowest BCUT2D eigenvalue weighted by atomic mass is 10.6. The molecule has 0 saturated carbocycles. The Labute approximate surface area is 61.1 Å². The van der Waals surface area contributed by atoms with Gasteiger partial charge in [-0.25, -0.2) is 4.79 Å². The van der Waals surface area contributed by atoms with Crippen molar-refractivity contribution in [2.75, 3.05) is 13.1 Å². The average molecular weight is 153 g/mol. The predicted molar refractivity (Wildman–Crippen MR) is 30.9 cm³/mol. The topological polar surface area (TPSA) is 40.5 Å². The monoisotopic (exact) mass is 152 g/mol. The van der Waals surface area contributed by atoms with E-state index in [1.165, 1.54) is 4.90 Å². The van der Waals surface area contributed by atoms with E-state index in [4.69, 9.17) is 5.11 Å². The van der Waals surface area contributed by atoms with Crippen LogP contribution in [-0.4, -0.2) is 29.2 Å². The highest BCUT2D eigenvalue weighted by Crippen LogP contribution is 1.84. The summed E-state index contributed by atoms with van der Waals surface area (Å²) >= 11 is 0. The lowest BCUT2D eigenvalue weighted by molar-refractivity contribution is -0.00000932. The van der Waals surface area contributed by atoms with E-state index in [1.54, 1.807) is 0 Å². The van der Waals surface area contributed by atoms with Crippen LogP contribution in [0.4, 0.5) is 4.79 Å². The third kappa shape index (κ3) is 4.09. The molecular weight excluding hydrogens is 142 g/mol. The van der Waals surface area contributed by atoms with Crippen LogP contribution in [0, 0.1) is 0 Å². The van der Waals surface area contributed by atoms with Gasteiger partial charge in [0.05, 0.1) is 0 Å². The summed E-state index contributed by atoms with van der Waals surface area (Å²) in [5, 5.41) is 8.30. The fourth-order valence-corrected chi connectivity index (χ4v) is 0.494. The van der Waals surface area contributed by atoms with Crippen LogP contribution in [0.3, 0.4) is 0 Å². The number of halogens is 1. The molecule has 0 aromatic carbocycles. The second-order valence-corrected chi connectivity index (χ2v) is 1.45. The quantitative estimate of drug-likeness (QED) is 0.498. The van der Waals surface area contributed by atoms with Crippen molar-refractivity contribution in [1.29, 1.82) is 0 Å². The third-order valence-electron chi connectivity index (χ3n) is 1.03. The van der Waals surface area contributed by atoms with Crippen LogP contribution in [0.15, 0.2) is 0 Å². The molecule has 0 saturated heterocycles. The molecule has 0 rings (SSSR count). The van der Waals surface area contributed by atoms with Gasteiger partial charge in [0.15, 0.2) is 0 Å². The largest absolute Gasteiger partial charge is 1.00 e. The summed E-state index contributed by atoms with van der Waals surface area (Å²) in [7, 11) is 0. The van der Waals surface area contributed by atoms with Gasteiger partial charge in [-0.05, 0) is 13.8 Å². The zero-order valence-electron chi connectivity index (χ0n) is 5.59. The molecular formula is C5H11ClNO2-. The van der Waals surface area contributed by atoms with Crippen molar-refractivity contribution in [3.8, 4) is 0 Å². The van der Waals surface area contributed by atoms with Crippen LogP contribution in [0.1, 0.15) is 13.8 Å². The van der Waals surface area contributed by atoms with Crippen LogP contribution in [0.25, 0.3) is 0 Å². The van der Waals surface area contributed by atoms with E-state index in [0.717, 1.165) is 0 Å². The Bertz CT molecular complexity index is 83.0. The predicted octanol–water partition coefficient (Wildman–Crippen LogP) is -1.99. The minimum absolute atomic E-state index is 0. The number of carbonyl (C=O) groups is 1. The molecule has 0 atom stereocenters. The summed E-state index contributed by atoms with van der Waals surface area (Å²) in [6, 6.07) is 0. The maximum atomic E-state index is 10.1. The zero-order chi connectivity index (χ0) is 6.57. The van der Waals surface area contributed by atoms with Crippen LogP contribution >= 0.6 is 0 Å². The van der Waals surface area contributed by atoms with Gasteiger partial charge in [-0.3, -0.25) is 0 Å².